The molecule has 4 nitrogen and oxygen atoms in total. The van der Waals surface area contributed by atoms with E-state index in [2.05, 4.69) is 10.1 Å². The van der Waals surface area contributed by atoms with E-state index in [4.69, 9.17) is 0 Å². The van der Waals surface area contributed by atoms with Crippen LogP contribution in [0.15, 0.2) is 64.7 Å². The molecule has 4 heteroatoms. The Labute approximate surface area is 129 Å². The van der Waals surface area contributed by atoms with Crippen molar-refractivity contribution in [2.45, 2.75) is 13.8 Å². The number of carbonyl (C=O) groups is 1. The van der Waals surface area contributed by atoms with Crippen LogP contribution in [0.4, 0.5) is 11.4 Å². The second-order valence-corrected chi connectivity index (χ2v) is 5.32. The number of hydrazone groups is 1. The third-order valence-electron chi connectivity index (χ3n) is 3.59. The second kappa shape index (κ2) is 5.93. The molecule has 2 aromatic carbocycles. The molecule has 0 unspecified atom stereocenters. The van der Waals surface area contributed by atoms with E-state index < -0.39 is 5.92 Å². The summed E-state index contributed by atoms with van der Waals surface area (Å²) in [6, 6.07) is 17.3. The van der Waals surface area contributed by atoms with E-state index >= 15 is 0 Å². The van der Waals surface area contributed by atoms with Crippen LogP contribution in [-0.4, -0.2) is 17.8 Å². The molecule has 0 fully saturated rings. The van der Waals surface area contributed by atoms with Crippen LogP contribution >= 0.6 is 0 Å². The molecule has 0 radical (unpaired) electrons. The molecule has 0 bridgehead atoms. The normalized spacial score (nSPS) is 18.1. The molecule has 2 aromatic rings. The predicted octanol–water partition coefficient (Wildman–Crippen LogP) is 3.74. The van der Waals surface area contributed by atoms with Crippen molar-refractivity contribution in [2.24, 2.45) is 16.0 Å². The van der Waals surface area contributed by atoms with Crippen LogP contribution in [0.5, 0.6) is 0 Å². The maximum atomic E-state index is 12.5. The summed E-state index contributed by atoms with van der Waals surface area (Å²) in [4.78, 5) is 16.9. The topological polar surface area (TPSA) is 45.0 Å². The summed E-state index contributed by atoms with van der Waals surface area (Å²) < 4.78 is 0. The van der Waals surface area contributed by atoms with Crippen molar-refractivity contribution in [2.75, 3.05) is 5.01 Å². The van der Waals surface area contributed by atoms with Gasteiger partial charge in [-0.05, 0) is 38.1 Å². The Bertz CT molecular complexity index is 733. The first kappa shape index (κ1) is 14.2. The average Bonchev–Trinajstić information content (AvgIpc) is 2.82. The molecule has 0 saturated heterocycles. The van der Waals surface area contributed by atoms with E-state index in [1.54, 1.807) is 6.21 Å². The molecule has 0 spiro atoms. The van der Waals surface area contributed by atoms with Crippen LogP contribution in [0.1, 0.15) is 12.5 Å². The number of anilines is 1. The standard InChI is InChI=1S/C18H17N3O/c1-13-8-10-15(11-9-13)19-12-17-14(2)20-21(18(17)22)16-6-4-3-5-7-16/h3-12,17H,1-2H3/t17-/m0/s1. The molecule has 1 heterocycles. The van der Waals surface area contributed by atoms with Gasteiger partial charge >= 0.3 is 0 Å². The van der Waals surface area contributed by atoms with Gasteiger partial charge in [-0.3, -0.25) is 9.79 Å². The maximum Gasteiger partial charge on any atom is 0.261 e. The number of amides is 1. The summed E-state index contributed by atoms with van der Waals surface area (Å²) in [5.74, 6) is -0.471. The Hall–Kier alpha value is -2.75. The largest absolute Gasteiger partial charge is 0.271 e. The zero-order valence-electron chi connectivity index (χ0n) is 12.6. The van der Waals surface area contributed by atoms with Gasteiger partial charge in [0.25, 0.3) is 5.91 Å². The number of carbonyl (C=O) groups excluding carboxylic acids is 1. The third-order valence-corrected chi connectivity index (χ3v) is 3.59. The lowest BCUT2D eigenvalue weighted by Gasteiger charge is -2.12. The highest BCUT2D eigenvalue weighted by Crippen LogP contribution is 2.23. The number of para-hydroxylation sites is 1. The van der Waals surface area contributed by atoms with Gasteiger partial charge in [0, 0.05) is 6.21 Å². The van der Waals surface area contributed by atoms with Crippen molar-refractivity contribution >= 4 is 29.2 Å². The monoisotopic (exact) mass is 291 g/mol. The van der Waals surface area contributed by atoms with Crippen LogP contribution < -0.4 is 5.01 Å². The second-order valence-electron chi connectivity index (χ2n) is 5.32. The number of aryl methyl sites for hydroxylation is 1. The van der Waals surface area contributed by atoms with E-state index in [1.165, 1.54) is 10.6 Å². The minimum absolute atomic E-state index is 0.0699. The molecule has 1 atom stereocenters. The summed E-state index contributed by atoms with van der Waals surface area (Å²) in [7, 11) is 0. The summed E-state index contributed by atoms with van der Waals surface area (Å²) in [5, 5.41) is 5.80. The molecule has 0 N–H and O–H groups in total. The van der Waals surface area contributed by atoms with E-state index in [1.807, 2.05) is 68.4 Å². The third kappa shape index (κ3) is 2.81. The van der Waals surface area contributed by atoms with Crippen LogP contribution in [0.2, 0.25) is 0 Å². The highest BCUT2D eigenvalue weighted by Gasteiger charge is 2.32. The Balaban J connectivity index is 1.80. The highest BCUT2D eigenvalue weighted by molar-refractivity contribution is 6.23. The number of aliphatic imine (C=N–C) groups is 1. The minimum atomic E-state index is -0.401. The zero-order chi connectivity index (χ0) is 15.5. The number of hydrogen-bond acceptors (Lipinski definition) is 3. The van der Waals surface area contributed by atoms with E-state index in [9.17, 15) is 4.79 Å². The first-order chi connectivity index (χ1) is 10.6. The van der Waals surface area contributed by atoms with E-state index in [0.29, 0.717) is 0 Å². The molecule has 1 aliphatic rings. The minimum Gasteiger partial charge on any atom is -0.271 e. The van der Waals surface area contributed by atoms with Crippen LogP contribution in [0, 0.1) is 12.8 Å². The number of benzene rings is 2. The number of hydrogen-bond donors (Lipinski definition) is 0. The highest BCUT2D eigenvalue weighted by atomic mass is 16.2. The van der Waals surface area contributed by atoms with Crippen molar-refractivity contribution in [3.8, 4) is 0 Å². The quantitative estimate of drug-likeness (QED) is 0.795. The Morgan fingerprint density at radius 3 is 2.41 bits per heavy atom. The van der Waals surface area contributed by atoms with Crippen LogP contribution in [0.3, 0.4) is 0 Å². The fourth-order valence-corrected chi connectivity index (χ4v) is 2.30. The predicted molar refractivity (Wildman–Crippen MR) is 89.9 cm³/mol. The molecule has 1 amide bonds. The lowest BCUT2D eigenvalue weighted by molar-refractivity contribution is -0.118. The van der Waals surface area contributed by atoms with E-state index in [0.717, 1.165) is 17.1 Å². The first-order valence-electron chi connectivity index (χ1n) is 7.20. The van der Waals surface area contributed by atoms with Gasteiger partial charge in [0.15, 0.2) is 0 Å². The van der Waals surface area contributed by atoms with Gasteiger partial charge < -0.3 is 0 Å². The zero-order valence-corrected chi connectivity index (χ0v) is 12.6. The Morgan fingerprint density at radius 1 is 1.05 bits per heavy atom. The van der Waals surface area contributed by atoms with Gasteiger partial charge in [0.2, 0.25) is 0 Å². The Morgan fingerprint density at radius 2 is 1.73 bits per heavy atom. The molecular weight excluding hydrogens is 274 g/mol. The molecule has 0 aliphatic carbocycles. The van der Waals surface area contributed by atoms with Crippen molar-refractivity contribution in [1.29, 1.82) is 0 Å². The molecule has 0 aromatic heterocycles. The van der Waals surface area contributed by atoms with Gasteiger partial charge in [-0.25, -0.2) is 0 Å². The first-order valence-corrected chi connectivity index (χ1v) is 7.20. The van der Waals surface area contributed by atoms with Crippen molar-refractivity contribution in [3.05, 3.63) is 60.2 Å². The molecule has 1 aliphatic heterocycles. The van der Waals surface area contributed by atoms with Crippen LogP contribution in [0.25, 0.3) is 0 Å². The average molecular weight is 291 g/mol. The smallest absolute Gasteiger partial charge is 0.261 e. The fraction of sp³-hybridized carbons (Fsp3) is 0.167. The summed E-state index contributed by atoms with van der Waals surface area (Å²) in [5.41, 5.74) is 3.55. The van der Waals surface area contributed by atoms with Gasteiger partial charge in [0.1, 0.15) is 5.92 Å². The van der Waals surface area contributed by atoms with Gasteiger partial charge in [-0.1, -0.05) is 35.9 Å². The van der Waals surface area contributed by atoms with Gasteiger partial charge in [-0.15, -0.1) is 0 Å². The molecule has 0 saturated carbocycles. The van der Waals surface area contributed by atoms with E-state index in [-0.39, 0.29) is 5.91 Å². The SMILES string of the molecule is CC1=NN(c2ccccc2)C(=O)[C@H]1C=Nc1ccc(C)cc1. The maximum absolute atomic E-state index is 12.5. The molecule has 3 rings (SSSR count). The van der Waals surface area contributed by atoms with Crippen molar-refractivity contribution in [1.82, 2.24) is 0 Å². The molecule has 110 valence electrons. The summed E-state index contributed by atoms with van der Waals surface area (Å²) >= 11 is 0. The summed E-state index contributed by atoms with van der Waals surface area (Å²) in [6.07, 6.45) is 1.68. The molecule has 22 heavy (non-hydrogen) atoms. The number of nitrogens with zero attached hydrogens (tertiary/aromatic N) is 3. The summed E-state index contributed by atoms with van der Waals surface area (Å²) in [6.45, 7) is 3.88. The lowest BCUT2D eigenvalue weighted by Crippen LogP contribution is -2.27. The Kier molecular flexibility index (Phi) is 3.83. The van der Waals surface area contributed by atoms with Gasteiger partial charge in [-0.2, -0.15) is 10.1 Å². The van der Waals surface area contributed by atoms with Crippen LogP contribution in [-0.2, 0) is 4.79 Å². The fourth-order valence-electron chi connectivity index (χ4n) is 2.30. The van der Waals surface area contributed by atoms with Crippen molar-refractivity contribution in [3.63, 3.8) is 0 Å². The number of rotatable bonds is 3. The lowest BCUT2D eigenvalue weighted by atomic mass is 10.1. The molecular formula is C18H17N3O. The van der Waals surface area contributed by atoms with Gasteiger partial charge in [0.05, 0.1) is 17.1 Å². The van der Waals surface area contributed by atoms with Crippen molar-refractivity contribution < 1.29 is 4.79 Å².